The van der Waals surface area contributed by atoms with E-state index in [4.69, 9.17) is 4.74 Å². The summed E-state index contributed by atoms with van der Waals surface area (Å²) >= 11 is 0. The van der Waals surface area contributed by atoms with Crippen LogP contribution in [0.1, 0.15) is 42.1 Å². The van der Waals surface area contributed by atoms with Crippen molar-refractivity contribution in [3.8, 4) is 0 Å². The van der Waals surface area contributed by atoms with E-state index in [0.717, 1.165) is 5.56 Å². The van der Waals surface area contributed by atoms with Gasteiger partial charge in [0, 0.05) is 13.1 Å². The van der Waals surface area contributed by atoms with Crippen molar-refractivity contribution >= 4 is 5.82 Å². The number of halogens is 4. The molecule has 2 aliphatic heterocycles. The van der Waals surface area contributed by atoms with Crippen LogP contribution < -0.4 is 10.2 Å². The Morgan fingerprint density at radius 1 is 1.33 bits per heavy atom. The molecule has 132 valence electrons. The van der Waals surface area contributed by atoms with Gasteiger partial charge in [0.2, 0.25) is 0 Å². The number of piperidine rings is 1. The number of rotatable bonds is 3. The topological polar surface area (TPSA) is 37.4 Å². The van der Waals surface area contributed by atoms with Gasteiger partial charge in [0.1, 0.15) is 5.82 Å². The van der Waals surface area contributed by atoms with Gasteiger partial charge in [-0.1, -0.05) is 0 Å². The summed E-state index contributed by atoms with van der Waals surface area (Å²) in [6.45, 7) is 1.19. The number of anilines is 1. The molecule has 24 heavy (non-hydrogen) atoms. The van der Waals surface area contributed by atoms with Crippen LogP contribution in [0.25, 0.3) is 0 Å². The molecule has 0 aromatic carbocycles. The number of ether oxygens (including phenoxy) is 1. The van der Waals surface area contributed by atoms with E-state index < -0.39 is 12.5 Å². The number of nitrogens with zero attached hydrogens (tertiary/aromatic N) is 2. The van der Waals surface area contributed by atoms with E-state index in [0.29, 0.717) is 12.3 Å². The lowest BCUT2D eigenvalue weighted by Gasteiger charge is -2.33. The minimum absolute atomic E-state index is 0.0985. The van der Waals surface area contributed by atoms with Crippen molar-refractivity contribution in [2.75, 3.05) is 31.6 Å². The minimum atomic E-state index is -2.67. The standard InChI is InChI=1S/C16H19F4N3O/c1-21-12-7-24-8-13-10(12)6-11(15(19)20)16(22-13)23-4-2-9(3-5-23)14(17)18/h6,12,15,21H,2-5,7-8H2,1H3. The number of nitrogens with one attached hydrogen (secondary N) is 1. The van der Waals surface area contributed by atoms with E-state index in [2.05, 4.69) is 10.3 Å². The molecule has 4 nitrogen and oxygen atoms in total. The third kappa shape index (κ3) is 3.25. The first kappa shape index (κ1) is 17.2. The fourth-order valence-corrected chi connectivity index (χ4v) is 3.18. The molecule has 1 unspecified atom stereocenters. The van der Waals surface area contributed by atoms with E-state index in [-0.39, 0.29) is 55.5 Å². The predicted octanol–water partition coefficient (Wildman–Crippen LogP) is 3.56. The summed E-state index contributed by atoms with van der Waals surface area (Å²) < 4.78 is 57.9. The third-order valence-corrected chi connectivity index (χ3v) is 4.56. The quantitative estimate of drug-likeness (QED) is 0.850. The lowest BCUT2D eigenvalue weighted by atomic mass is 9.99. The van der Waals surface area contributed by atoms with E-state index in [1.165, 1.54) is 6.07 Å². The van der Waals surface area contributed by atoms with Crippen molar-refractivity contribution in [1.29, 1.82) is 0 Å². The molecule has 0 spiro atoms. The maximum absolute atomic E-state index is 13.5. The van der Waals surface area contributed by atoms with Crippen LogP contribution in [0.4, 0.5) is 23.4 Å². The molecule has 0 bridgehead atoms. The van der Waals surface area contributed by atoms with Crippen LogP contribution in [-0.4, -0.2) is 31.7 Å². The van der Waals surface area contributed by atoms with Crippen LogP contribution in [0.15, 0.2) is 17.7 Å². The summed E-state index contributed by atoms with van der Waals surface area (Å²) in [4.78, 5) is 6.07. The Labute approximate surface area is 137 Å². The molecule has 0 radical (unpaired) electrons. The average Bonchev–Trinajstić information content (AvgIpc) is 2.60. The highest BCUT2D eigenvalue weighted by molar-refractivity contribution is 5.52. The summed E-state index contributed by atoms with van der Waals surface area (Å²) in [5.74, 6) is 0.183. The molecule has 0 aliphatic carbocycles. The van der Waals surface area contributed by atoms with Gasteiger partial charge in [0.25, 0.3) is 12.5 Å². The lowest BCUT2D eigenvalue weighted by molar-refractivity contribution is 0.0807. The van der Waals surface area contributed by atoms with E-state index >= 15 is 0 Å². The first-order chi connectivity index (χ1) is 11.5. The number of hydrogen-bond acceptors (Lipinski definition) is 4. The molecule has 1 N–H and O–H groups in total. The first-order valence-corrected chi connectivity index (χ1v) is 7.86. The Bertz CT molecular complexity index is 636. The normalized spacial score (nSPS) is 21.2. The zero-order chi connectivity index (χ0) is 17.3. The second-order valence-electron chi connectivity index (χ2n) is 5.95. The zero-order valence-corrected chi connectivity index (χ0v) is 13.3. The highest BCUT2D eigenvalue weighted by atomic mass is 19.3. The SMILES string of the molecule is CNC1COCc2nc(N3CCC(=C(F)F)CC3)c(C(F)F)cc21. The highest BCUT2D eigenvalue weighted by Crippen LogP contribution is 2.36. The summed E-state index contributed by atoms with van der Waals surface area (Å²) in [7, 11) is 1.74. The van der Waals surface area contributed by atoms with Gasteiger partial charge in [0.05, 0.1) is 30.5 Å². The highest BCUT2D eigenvalue weighted by Gasteiger charge is 2.29. The molecule has 8 heteroatoms. The number of aromatic nitrogens is 1. The molecular formula is C16H19F4N3O. The number of alkyl halides is 2. The molecule has 0 amide bonds. The smallest absolute Gasteiger partial charge is 0.269 e. The van der Waals surface area contributed by atoms with Crippen LogP contribution in [0.5, 0.6) is 0 Å². The summed E-state index contributed by atoms with van der Waals surface area (Å²) in [6, 6.07) is 1.30. The van der Waals surface area contributed by atoms with Crippen LogP contribution >= 0.6 is 0 Å². The van der Waals surface area contributed by atoms with Crippen molar-refractivity contribution in [1.82, 2.24) is 10.3 Å². The predicted molar refractivity (Wildman–Crippen MR) is 81.3 cm³/mol. The van der Waals surface area contributed by atoms with E-state index in [1.54, 1.807) is 11.9 Å². The van der Waals surface area contributed by atoms with Gasteiger partial charge < -0.3 is 15.0 Å². The second kappa shape index (κ2) is 7.06. The maximum Gasteiger partial charge on any atom is 0.269 e. The average molecular weight is 345 g/mol. The molecule has 3 heterocycles. The fraction of sp³-hybridized carbons (Fsp3) is 0.562. The van der Waals surface area contributed by atoms with E-state index in [9.17, 15) is 17.6 Å². The molecule has 1 aromatic heterocycles. The van der Waals surface area contributed by atoms with Crippen molar-refractivity contribution < 1.29 is 22.3 Å². The van der Waals surface area contributed by atoms with E-state index in [1.807, 2.05) is 0 Å². The van der Waals surface area contributed by atoms with Crippen LogP contribution in [0.3, 0.4) is 0 Å². The number of pyridine rings is 1. The molecule has 1 aromatic rings. The molecule has 2 aliphatic rings. The van der Waals surface area contributed by atoms with Crippen LogP contribution in [0.2, 0.25) is 0 Å². The number of likely N-dealkylation sites (N-methyl/N-ethyl adjacent to an activating group) is 1. The maximum atomic E-state index is 13.5. The molecule has 1 atom stereocenters. The van der Waals surface area contributed by atoms with Gasteiger partial charge >= 0.3 is 0 Å². The first-order valence-electron chi connectivity index (χ1n) is 7.86. The Kier molecular flexibility index (Phi) is 5.05. The minimum Gasteiger partial charge on any atom is -0.373 e. The molecule has 1 saturated heterocycles. The van der Waals surface area contributed by atoms with Gasteiger partial charge in [-0.15, -0.1) is 0 Å². The lowest BCUT2D eigenvalue weighted by Crippen LogP contribution is -2.34. The third-order valence-electron chi connectivity index (χ3n) is 4.56. The molecule has 0 saturated carbocycles. The number of fused-ring (bicyclic) bond motifs is 1. The molecular weight excluding hydrogens is 326 g/mol. The van der Waals surface area contributed by atoms with Gasteiger partial charge in [-0.05, 0) is 37.1 Å². The Balaban J connectivity index is 1.94. The van der Waals surface area contributed by atoms with Crippen molar-refractivity contribution in [2.24, 2.45) is 0 Å². The van der Waals surface area contributed by atoms with Crippen LogP contribution in [0, 0.1) is 0 Å². The summed E-state index contributed by atoms with van der Waals surface area (Å²) in [6.07, 6.45) is -4.00. The molecule has 1 fully saturated rings. The molecule has 3 rings (SSSR count). The largest absolute Gasteiger partial charge is 0.373 e. The number of hydrogen-bond donors (Lipinski definition) is 1. The van der Waals surface area contributed by atoms with Crippen molar-refractivity contribution in [3.05, 3.63) is 34.5 Å². The Morgan fingerprint density at radius 2 is 2.04 bits per heavy atom. The Morgan fingerprint density at radius 3 is 2.62 bits per heavy atom. The second-order valence-corrected chi connectivity index (χ2v) is 5.95. The summed E-state index contributed by atoms with van der Waals surface area (Å²) in [5, 5.41) is 3.03. The van der Waals surface area contributed by atoms with Crippen molar-refractivity contribution in [2.45, 2.75) is 31.9 Å². The van der Waals surface area contributed by atoms with Gasteiger partial charge in [0.15, 0.2) is 0 Å². The summed E-state index contributed by atoms with van der Waals surface area (Å²) in [5.41, 5.74) is 1.29. The van der Waals surface area contributed by atoms with Crippen LogP contribution in [-0.2, 0) is 11.3 Å². The zero-order valence-electron chi connectivity index (χ0n) is 13.3. The Hall–Kier alpha value is -1.67. The van der Waals surface area contributed by atoms with Crippen molar-refractivity contribution in [3.63, 3.8) is 0 Å². The van der Waals surface area contributed by atoms with Gasteiger partial charge in [-0.25, -0.2) is 13.8 Å². The van der Waals surface area contributed by atoms with Gasteiger partial charge in [-0.2, -0.15) is 8.78 Å². The van der Waals surface area contributed by atoms with Gasteiger partial charge in [-0.3, -0.25) is 0 Å². The fourth-order valence-electron chi connectivity index (χ4n) is 3.18. The monoisotopic (exact) mass is 345 g/mol.